The second-order valence-corrected chi connectivity index (χ2v) is 8.38. The number of sulfonamides is 1. The van der Waals surface area contributed by atoms with E-state index in [0.29, 0.717) is 42.0 Å². The van der Waals surface area contributed by atoms with Crippen LogP contribution in [0.25, 0.3) is 0 Å². The molecule has 6 nitrogen and oxygen atoms in total. The van der Waals surface area contributed by atoms with Crippen LogP contribution >= 0.6 is 23.2 Å². The van der Waals surface area contributed by atoms with Gasteiger partial charge in [0.1, 0.15) is 0 Å². The van der Waals surface area contributed by atoms with Gasteiger partial charge < -0.3 is 10.1 Å². The van der Waals surface area contributed by atoms with Crippen molar-refractivity contribution in [1.82, 2.24) is 4.31 Å². The van der Waals surface area contributed by atoms with Crippen molar-refractivity contribution >= 4 is 44.8 Å². The minimum atomic E-state index is -3.67. The monoisotopic (exact) mass is 414 g/mol. The highest BCUT2D eigenvalue weighted by Crippen LogP contribution is 2.25. The van der Waals surface area contributed by atoms with Gasteiger partial charge >= 0.3 is 0 Å². The maximum absolute atomic E-state index is 12.7. The third-order valence-electron chi connectivity index (χ3n) is 3.88. The van der Waals surface area contributed by atoms with Gasteiger partial charge in [-0.15, -0.1) is 0 Å². The summed E-state index contributed by atoms with van der Waals surface area (Å²) in [4.78, 5) is 12.5. The van der Waals surface area contributed by atoms with Crippen LogP contribution < -0.4 is 5.32 Å². The smallest absolute Gasteiger partial charge is 0.255 e. The van der Waals surface area contributed by atoms with Crippen molar-refractivity contribution in [3.05, 3.63) is 58.1 Å². The molecule has 26 heavy (non-hydrogen) atoms. The highest BCUT2D eigenvalue weighted by Gasteiger charge is 2.26. The molecule has 1 N–H and O–H groups in total. The molecule has 2 aromatic carbocycles. The van der Waals surface area contributed by atoms with E-state index in [4.69, 9.17) is 27.9 Å². The predicted molar refractivity (Wildman–Crippen MR) is 100 cm³/mol. The quantitative estimate of drug-likeness (QED) is 0.832. The van der Waals surface area contributed by atoms with E-state index in [-0.39, 0.29) is 10.5 Å². The lowest BCUT2D eigenvalue weighted by molar-refractivity contribution is 0.0730. The molecule has 1 amide bonds. The number of benzene rings is 2. The molecule has 0 unspecified atom stereocenters. The van der Waals surface area contributed by atoms with Crippen LogP contribution in [0.2, 0.25) is 10.0 Å². The summed E-state index contributed by atoms with van der Waals surface area (Å²) in [6.45, 7) is 1.30. The number of carbonyl (C=O) groups excluding carboxylic acids is 1. The summed E-state index contributed by atoms with van der Waals surface area (Å²) in [6, 6.07) is 10.6. The molecule has 3 rings (SSSR count). The molecule has 0 spiro atoms. The molecule has 1 aliphatic rings. The number of halogens is 2. The van der Waals surface area contributed by atoms with E-state index in [1.165, 1.54) is 28.6 Å². The second-order valence-electron chi connectivity index (χ2n) is 5.63. The van der Waals surface area contributed by atoms with E-state index in [0.717, 1.165) is 0 Å². The number of ether oxygens (including phenoxy) is 1. The highest BCUT2D eigenvalue weighted by molar-refractivity contribution is 7.89. The molecule has 1 saturated heterocycles. The summed E-state index contributed by atoms with van der Waals surface area (Å²) in [6.07, 6.45) is 0. The van der Waals surface area contributed by atoms with Crippen LogP contribution in [0.1, 0.15) is 10.4 Å². The summed E-state index contributed by atoms with van der Waals surface area (Å²) in [5.74, 6) is -0.442. The number of amides is 1. The minimum absolute atomic E-state index is 0.0705. The van der Waals surface area contributed by atoms with Crippen LogP contribution in [-0.2, 0) is 14.8 Å². The van der Waals surface area contributed by atoms with Crippen molar-refractivity contribution in [3.8, 4) is 0 Å². The van der Waals surface area contributed by atoms with Gasteiger partial charge in [0.25, 0.3) is 5.91 Å². The standard InChI is InChI=1S/C17H16Cl2N2O4S/c18-15-5-4-13(11-16(15)19)20-17(22)12-2-1-3-14(10-12)26(23,24)21-6-8-25-9-7-21/h1-5,10-11H,6-9H2,(H,20,22). The first-order valence-corrected chi connectivity index (χ1v) is 10.0. The number of hydrogen-bond acceptors (Lipinski definition) is 4. The molecule has 0 bridgehead atoms. The molecule has 1 fully saturated rings. The Balaban J connectivity index is 1.82. The van der Waals surface area contributed by atoms with E-state index in [2.05, 4.69) is 5.32 Å². The van der Waals surface area contributed by atoms with E-state index < -0.39 is 15.9 Å². The fourth-order valence-electron chi connectivity index (χ4n) is 2.51. The van der Waals surface area contributed by atoms with Crippen molar-refractivity contribution in [2.24, 2.45) is 0 Å². The van der Waals surface area contributed by atoms with Crippen molar-refractivity contribution < 1.29 is 17.9 Å². The normalized spacial score (nSPS) is 15.6. The maximum atomic E-state index is 12.7. The zero-order valence-corrected chi connectivity index (χ0v) is 15.9. The van der Waals surface area contributed by atoms with Gasteiger partial charge in [0.05, 0.1) is 28.2 Å². The lowest BCUT2D eigenvalue weighted by atomic mass is 10.2. The molecule has 0 aliphatic carbocycles. The number of nitrogens with one attached hydrogen (secondary N) is 1. The molecule has 2 aromatic rings. The van der Waals surface area contributed by atoms with Crippen LogP contribution in [0.15, 0.2) is 47.4 Å². The van der Waals surface area contributed by atoms with Gasteiger partial charge in [-0.25, -0.2) is 8.42 Å². The molecule has 138 valence electrons. The van der Waals surface area contributed by atoms with Crippen molar-refractivity contribution in [2.45, 2.75) is 4.90 Å². The molecule has 9 heteroatoms. The largest absolute Gasteiger partial charge is 0.379 e. The fraction of sp³-hybridized carbons (Fsp3) is 0.235. The van der Waals surface area contributed by atoms with Gasteiger partial charge in [0.15, 0.2) is 0 Å². The Morgan fingerprint density at radius 3 is 2.46 bits per heavy atom. The predicted octanol–water partition coefficient (Wildman–Crippen LogP) is 3.27. The van der Waals surface area contributed by atoms with E-state index >= 15 is 0 Å². The van der Waals surface area contributed by atoms with Crippen LogP contribution in [-0.4, -0.2) is 44.9 Å². The Kier molecular flexibility index (Phi) is 5.84. The molecule has 1 heterocycles. The highest BCUT2D eigenvalue weighted by atomic mass is 35.5. The summed E-state index contributed by atoms with van der Waals surface area (Å²) in [5, 5.41) is 3.37. The molecule has 0 aromatic heterocycles. The summed E-state index contributed by atoms with van der Waals surface area (Å²) < 4.78 is 32.0. The Hall–Kier alpha value is -1.64. The average Bonchev–Trinajstić information content (AvgIpc) is 2.65. The van der Waals surface area contributed by atoms with Gasteiger partial charge in [-0.1, -0.05) is 29.3 Å². The lowest BCUT2D eigenvalue weighted by Crippen LogP contribution is -2.40. The molecular weight excluding hydrogens is 399 g/mol. The Morgan fingerprint density at radius 2 is 1.77 bits per heavy atom. The summed E-state index contributed by atoms with van der Waals surface area (Å²) >= 11 is 11.8. The maximum Gasteiger partial charge on any atom is 0.255 e. The average molecular weight is 415 g/mol. The van der Waals surface area contributed by atoms with Crippen molar-refractivity contribution in [2.75, 3.05) is 31.6 Å². The van der Waals surface area contributed by atoms with Crippen LogP contribution in [0.5, 0.6) is 0 Å². The van der Waals surface area contributed by atoms with Gasteiger partial charge in [0.2, 0.25) is 10.0 Å². The number of rotatable bonds is 4. The van der Waals surface area contributed by atoms with Crippen LogP contribution in [0, 0.1) is 0 Å². The molecule has 1 aliphatic heterocycles. The van der Waals surface area contributed by atoms with E-state index in [9.17, 15) is 13.2 Å². The van der Waals surface area contributed by atoms with Gasteiger partial charge in [-0.2, -0.15) is 4.31 Å². The van der Waals surface area contributed by atoms with Crippen molar-refractivity contribution in [1.29, 1.82) is 0 Å². The van der Waals surface area contributed by atoms with Gasteiger partial charge in [-0.05, 0) is 36.4 Å². The number of morpholine rings is 1. The summed E-state index contributed by atoms with van der Waals surface area (Å²) in [7, 11) is -3.67. The van der Waals surface area contributed by atoms with E-state index in [1.807, 2.05) is 0 Å². The lowest BCUT2D eigenvalue weighted by Gasteiger charge is -2.26. The molecular formula is C17H16Cl2N2O4S. The number of nitrogens with zero attached hydrogens (tertiary/aromatic N) is 1. The second kappa shape index (κ2) is 7.94. The topological polar surface area (TPSA) is 75.7 Å². The van der Waals surface area contributed by atoms with Gasteiger partial charge in [-0.3, -0.25) is 4.79 Å². The third-order valence-corrected chi connectivity index (χ3v) is 6.52. The van der Waals surface area contributed by atoms with E-state index in [1.54, 1.807) is 18.2 Å². The van der Waals surface area contributed by atoms with Gasteiger partial charge in [0, 0.05) is 24.3 Å². The van der Waals surface area contributed by atoms with Crippen molar-refractivity contribution in [3.63, 3.8) is 0 Å². The van der Waals surface area contributed by atoms with Crippen LogP contribution in [0.4, 0.5) is 5.69 Å². The first kappa shape index (κ1) is 19.1. The first-order chi connectivity index (χ1) is 12.4. The number of hydrogen-bond donors (Lipinski definition) is 1. The Morgan fingerprint density at radius 1 is 1.04 bits per heavy atom. The molecule has 0 atom stereocenters. The Labute approximate surface area is 161 Å². The number of carbonyl (C=O) groups is 1. The SMILES string of the molecule is O=C(Nc1ccc(Cl)c(Cl)c1)c1cccc(S(=O)(=O)N2CCOCC2)c1. The Bertz CT molecular complexity index is 928. The molecule has 0 saturated carbocycles. The zero-order valence-electron chi connectivity index (χ0n) is 13.6. The summed E-state index contributed by atoms with van der Waals surface area (Å²) in [5.41, 5.74) is 0.691. The first-order valence-electron chi connectivity index (χ1n) is 7.82. The zero-order chi connectivity index (χ0) is 18.7. The third kappa shape index (κ3) is 4.19. The number of anilines is 1. The van der Waals surface area contributed by atoms with Crippen LogP contribution in [0.3, 0.4) is 0 Å². The minimum Gasteiger partial charge on any atom is -0.379 e. The molecule has 0 radical (unpaired) electrons. The fourth-order valence-corrected chi connectivity index (χ4v) is 4.26.